The Morgan fingerprint density at radius 3 is 2.42 bits per heavy atom. The lowest BCUT2D eigenvalue weighted by atomic mass is 10.1. The number of hydrogen-bond donors (Lipinski definition) is 1. The summed E-state index contributed by atoms with van der Waals surface area (Å²) >= 11 is 0. The van der Waals surface area contributed by atoms with Crippen LogP contribution in [0.3, 0.4) is 0 Å². The van der Waals surface area contributed by atoms with Crippen molar-refractivity contribution in [2.75, 3.05) is 30.4 Å². The minimum Gasteiger partial charge on any atom is -0.497 e. The van der Waals surface area contributed by atoms with E-state index in [4.69, 9.17) is 9.15 Å². The van der Waals surface area contributed by atoms with Crippen molar-refractivity contribution >= 4 is 28.3 Å². The topological polar surface area (TPSA) is 54.7 Å². The highest BCUT2D eigenvalue weighted by Gasteiger charge is 2.18. The van der Waals surface area contributed by atoms with Crippen LogP contribution in [0, 0.1) is 6.92 Å². The van der Waals surface area contributed by atoms with Gasteiger partial charge in [0.2, 0.25) is 0 Å². The Hall–Kier alpha value is -2.95. The van der Waals surface area contributed by atoms with E-state index < -0.39 is 0 Å². The first-order valence-electron chi connectivity index (χ1n) is 8.80. The summed E-state index contributed by atoms with van der Waals surface area (Å²) < 4.78 is 11.0. The van der Waals surface area contributed by atoms with Gasteiger partial charge in [-0.2, -0.15) is 0 Å². The molecule has 0 aliphatic carbocycles. The van der Waals surface area contributed by atoms with Crippen LogP contribution < -0.4 is 15.0 Å². The fourth-order valence-corrected chi connectivity index (χ4v) is 3.08. The van der Waals surface area contributed by atoms with Crippen LogP contribution in [0.25, 0.3) is 11.0 Å². The first-order valence-corrected chi connectivity index (χ1v) is 8.80. The largest absolute Gasteiger partial charge is 0.497 e. The van der Waals surface area contributed by atoms with Crippen LogP contribution in [-0.2, 0) is 0 Å². The zero-order valence-electron chi connectivity index (χ0n) is 15.6. The molecule has 0 unspecified atom stereocenters. The minimum atomic E-state index is -0.256. The third kappa shape index (κ3) is 3.38. The fraction of sp³-hybridized carbons (Fsp3) is 0.286. The summed E-state index contributed by atoms with van der Waals surface area (Å²) in [6.45, 7) is 8.02. The Balaban J connectivity index is 1.82. The molecule has 3 aromatic rings. The van der Waals surface area contributed by atoms with Gasteiger partial charge in [0.25, 0.3) is 5.91 Å². The molecule has 0 radical (unpaired) electrons. The van der Waals surface area contributed by atoms with Crippen LogP contribution in [0.2, 0.25) is 0 Å². The molecule has 136 valence electrons. The summed E-state index contributed by atoms with van der Waals surface area (Å²) in [7, 11) is 1.62. The summed E-state index contributed by atoms with van der Waals surface area (Å²) in [4.78, 5) is 14.9. The smallest absolute Gasteiger partial charge is 0.291 e. The van der Waals surface area contributed by atoms with Crippen molar-refractivity contribution in [1.29, 1.82) is 0 Å². The van der Waals surface area contributed by atoms with Gasteiger partial charge in [0.05, 0.1) is 7.11 Å². The molecule has 5 nitrogen and oxygen atoms in total. The Kier molecular flexibility index (Phi) is 5.16. The molecule has 0 atom stereocenters. The van der Waals surface area contributed by atoms with E-state index in [2.05, 4.69) is 24.1 Å². The molecule has 0 fully saturated rings. The Morgan fingerprint density at radius 1 is 1.12 bits per heavy atom. The molecule has 0 spiro atoms. The monoisotopic (exact) mass is 352 g/mol. The van der Waals surface area contributed by atoms with Gasteiger partial charge in [0.15, 0.2) is 5.76 Å². The summed E-state index contributed by atoms with van der Waals surface area (Å²) in [6, 6.07) is 13.4. The summed E-state index contributed by atoms with van der Waals surface area (Å²) in [6.07, 6.45) is 0. The number of nitrogens with one attached hydrogen (secondary N) is 1. The van der Waals surface area contributed by atoms with E-state index in [1.54, 1.807) is 7.11 Å². The normalized spacial score (nSPS) is 10.8. The van der Waals surface area contributed by atoms with Gasteiger partial charge in [-0.15, -0.1) is 0 Å². The molecule has 0 aliphatic rings. The van der Waals surface area contributed by atoms with Gasteiger partial charge in [-0.1, -0.05) is 0 Å². The predicted molar refractivity (Wildman–Crippen MR) is 105 cm³/mol. The molecular weight excluding hydrogens is 328 g/mol. The molecule has 3 rings (SSSR count). The number of ether oxygens (including phenoxy) is 1. The number of anilines is 2. The molecule has 1 aromatic heterocycles. The summed E-state index contributed by atoms with van der Waals surface area (Å²) in [5.41, 5.74) is 3.35. The van der Waals surface area contributed by atoms with E-state index in [1.165, 1.54) is 0 Å². The number of rotatable bonds is 6. The maximum atomic E-state index is 12.6. The van der Waals surface area contributed by atoms with Crippen LogP contribution in [0.15, 0.2) is 46.9 Å². The van der Waals surface area contributed by atoms with E-state index in [9.17, 15) is 4.79 Å². The average Bonchev–Trinajstić information content (AvgIpc) is 3.00. The molecule has 1 N–H and O–H groups in total. The summed E-state index contributed by atoms with van der Waals surface area (Å²) in [5, 5.41) is 3.79. The van der Waals surface area contributed by atoms with Gasteiger partial charge in [-0.3, -0.25) is 4.79 Å². The van der Waals surface area contributed by atoms with E-state index in [1.807, 2.05) is 49.4 Å². The number of aryl methyl sites for hydroxylation is 1. The first kappa shape index (κ1) is 17.9. The average molecular weight is 352 g/mol. The first-order chi connectivity index (χ1) is 12.6. The summed E-state index contributed by atoms with van der Waals surface area (Å²) in [5.74, 6) is 0.801. The van der Waals surface area contributed by atoms with Crippen LogP contribution in [0.1, 0.15) is 30.0 Å². The van der Waals surface area contributed by atoms with Gasteiger partial charge >= 0.3 is 0 Å². The van der Waals surface area contributed by atoms with Crippen molar-refractivity contribution < 1.29 is 13.9 Å². The number of furan rings is 1. The van der Waals surface area contributed by atoms with Crippen molar-refractivity contribution in [3.63, 3.8) is 0 Å². The number of carbonyl (C=O) groups is 1. The number of hydrogen-bond acceptors (Lipinski definition) is 4. The number of amides is 1. The van der Waals surface area contributed by atoms with Crippen molar-refractivity contribution in [3.8, 4) is 5.75 Å². The van der Waals surface area contributed by atoms with E-state index in [-0.39, 0.29) is 5.91 Å². The second-order valence-electron chi connectivity index (χ2n) is 6.09. The molecule has 1 heterocycles. The van der Waals surface area contributed by atoms with Crippen LogP contribution >= 0.6 is 0 Å². The Labute approximate surface area is 153 Å². The van der Waals surface area contributed by atoms with Gasteiger partial charge in [-0.05, 0) is 63.2 Å². The quantitative estimate of drug-likeness (QED) is 0.689. The van der Waals surface area contributed by atoms with Crippen molar-refractivity contribution in [2.24, 2.45) is 0 Å². The molecule has 0 bridgehead atoms. The lowest BCUT2D eigenvalue weighted by Gasteiger charge is -2.21. The highest BCUT2D eigenvalue weighted by atomic mass is 16.5. The van der Waals surface area contributed by atoms with E-state index >= 15 is 0 Å². The maximum Gasteiger partial charge on any atom is 0.291 e. The zero-order chi connectivity index (χ0) is 18.7. The van der Waals surface area contributed by atoms with Gasteiger partial charge in [0.1, 0.15) is 11.3 Å². The van der Waals surface area contributed by atoms with Gasteiger partial charge in [0, 0.05) is 35.4 Å². The standard InChI is InChI=1S/C21H24N2O3/c1-5-23(6-2)16-9-7-15(8-10-16)22-21(24)20-14(3)18-13-17(25-4)11-12-19(18)26-20/h7-13H,5-6H2,1-4H3,(H,22,24). The molecule has 2 aromatic carbocycles. The molecule has 26 heavy (non-hydrogen) atoms. The minimum absolute atomic E-state index is 0.256. The highest BCUT2D eigenvalue weighted by Crippen LogP contribution is 2.29. The lowest BCUT2D eigenvalue weighted by molar-refractivity contribution is 0.0998. The number of nitrogens with zero attached hydrogens (tertiary/aromatic N) is 1. The number of fused-ring (bicyclic) bond motifs is 1. The molecule has 1 amide bonds. The highest BCUT2D eigenvalue weighted by molar-refractivity contribution is 6.06. The van der Waals surface area contributed by atoms with Crippen LogP contribution in [-0.4, -0.2) is 26.1 Å². The second kappa shape index (κ2) is 7.52. The van der Waals surface area contributed by atoms with Crippen molar-refractivity contribution in [2.45, 2.75) is 20.8 Å². The third-order valence-corrected chi connectivity index (χ3v) is 4.60. The molecular formula is C21H24N2O3. The number of carbonyl (C=O) groups excluding carboxylic acids is 1. The van der Waals surface area contributed by atoms with Crippen LogP contribution in [0.4, 0.5) is 11.4 Å². The Morgan fingerprint density at radius 2 is 1.81 bits per heavy atom. The van der Waals surface area contributed by atoms with Crippen molar-refractivity contribution in [3.05, 3.63) is 53.8 Å². The number of benzene rings is 2. The van der Waals surface area contributed by atoms with E-state index in [0.717, 1.165) is 41.2 Å². The van der Waals surface area contributed by atoms with Crippen LogP contribution in [0.5, 0.6) is 5.75 Å². The van der Waals surface area contributed by atoms with E-state index in [0.29, 0.717) is 11.3 Å². The second-order valence-corrected chi connectivity index (χ2v) is 6.09. The SMILES string of the molecule is CCN(CC)c1ccc(NC(=O)c2oc3ccc(OC)cc3c2C)cc1. The number of methoxy groups -OCH3 is 1. The molecule has 0 saturated carbocycles. The maximum absolute atomic E-state index is 12.6. The molecule has 0 aliphatic heterocycles. The van der Waals surface area contributed by atoms with Gasteiger partial charge in [-0.25, -0.2) is 0 Å². The molecule has 5 heteroatoms. The zero-order valence-corrected chi connectivity index (χ0v) is 15.6. The third-order valence-electron chi connectivity index (χ3n) is 4.60. The molecule has 0 saturated heterocycles. The predicted octanol–water partition coefficient (Wildman–Crippen LogP) is 4.85. The Bertz CT molecular complexity index is 909. The lowest BCUT2D eigenvalue weighted by Crippen LogP contribution is -2.21. The van der Waals surface area contributed by atoms with Crippen molar-refractivity contribution in [1.82, 2.24) is 0 Å². The fourth-order valence-electron chi connectivity index (χ4n) is 3.08. The van der Waals surface area contributed by atoms with Gasteiger partial charge < -0.3 is 19.4 Å².